The van der Waals surface area contributed by atoms with Crippen LogP contribution in [0, 0.1) is 6.92 Å². The number of thiophene rings is 1. The molecule has 22 heavy (non-hydrogen) atoms. The predicted octanol–water partition coefficient (Wildman–Crippen LogP) is 3.10. The van der Waals surface area contributed by atoms with Crippen LogP contribution in [0.3, 0.4) is 0 Å². The van der Waals surface area contributed by atoms with Crippen molar-refractivity contribution in [3.05, 3.63) is 53.2 Å². The number of anilines is 1. The molecule has 0 unspecified atom stereocenters. The van der Waals surface area contributed by atoms with E-state index in [2.05, 4.69) is 14.9 Å². The molecular formula is C17H17N3OS. The summed E-state index contributed by atoms with van der Waals surface area (Å²) in [7, 11) is 0. The number of rotatable bonds is 2. The summed E-state index contributed by atoms with van der Waals surface area (Å²) in [5.74, 6) is 1.72. The van der Waals surface area contributed by atoms with E-state index in [1.807, 2.05) is 48.7 Å². The number of benzene rings is 1. The minimum Gasteiger partial charge on any atom is -0.383 e. The Morgan fingerprint density at radius 3 is 2.82 bits per heavy atom. The first-order chi connectivity index (χ1) is 10.7. The van der Waals surface area contributed by atoms with E-state index in [1.54, 1.807) is 11.3 Å². The van der Waals surface area contributed by atoms with E-state index in [4.69, 9.17) is 0 Å². The maximum Gasteiger partial charge on any atom is 0.150 e. The molecule has 4 nitrogen and oxygen atoms in total. The van der Waals surface area contributed by atoms with Crippen LogP contribution >= 0.6 is 11.3 Å². The second-order valence-corrected chi connectivity index (χ2v) is 6.71. The lowest BCUT2D eigenvalue weighted by Crippen LogP contribution is -2.31. The fourth-order valence-electron chi connectivity index (χ4n) is 3.13. The zero-order valence-corrected chi connectivity index (χ0v) is 13.2. The molecule has 0 saturated carbocycles. The van der Waals surface area contributed by atoms with Crippen LogP contribution in [0.1, 0.15) is 17.8 Å². The molecule has 3 heterocycles. The maximum atomic E-state index is 11.0. The number of fused-ring (bicyclic) bond motifs is 1. The van der Waals surface area contributed by atoms with E-state index in [-0.39, 0.29) is 0 Å². The first-order valence-corrected chi connectivity index (χ1v) is 8.28. The number of hydrogen-bond acceptors (Lipinski definition) is 5. The second-order valence-electron chi connectivity index (χ2n) is 5.80. The van der Waals surface area contributed by atoms with Crippen LogP contribution in [0.25, 0.3) is 10.2 Å². The number of β-amino-alcohol motifs (C(OH)–C–C–N with tert-alkyl or cyclic N) is 1. The summed E-state index contributed by atoms with van der Waals surface area (Å²) in [4.78, 5) is 11.3. The molecule has 1 aliphatic rings. The van der Waals surface area contributed by atoms with E-state index in [9.17, 15) is 5.11 Å². The van der Waals surface area contributed by atoms with Gasteiger partial charge in [0.2, 0.25) is 0 Å². The minimum atomic E-state index is -0.802. The van der Waals surface area contributed by atoms with Gasteiger partial charge in [-0.1, -0.05) is 30.3 Å². The number of aryl methyl sites for hydroxylation is 1. The third kappa shape index (κ3) is 2.17. The smallest absolute Gasteiger partial charge is 0.150 e. The molecule has 0 spiro atoms. The molecule has 1 aromatic carbocycles. The largest absolute Gasteiger partial charge is 0.383 e. The van der Waals surface area contributed by atoms with Gasteiger partial charge in [-0.2, -0.15) is 0 Å². The van der Waals surface area contributed by atoms with Crippen molar-refractivity contribution < 1.29 is 5.11 Å². The van der Waals surface area contributed by atoms with Gasteiger partial charge in [0.1, 0.15) is 17.2 Å². The quantitative estimate of drug-likeness (QED) is 0.790. The van der Waals surface area contributed by atoms with E-state index in [0.29, 0.717) is 13.0 Å². The second kappa shape index (κ2) is 5.04. The van der Waals surface area contributed by atoms with Gasteiger partial charge in [0.05, 0.1) is 16.8 Å². The van der Waals surface area contributed by atoms with Crippen LogP contribution in [0.4, 0.5) is 5.82 Å². The Morgan fingerprint density at radius 2 is 2.00 bits per heavy atom. The van der Waals surface area contributed by atoms with Gasteiger partial charge in [-0.05, 0) is 30.4 Å². The van der Waals surface area contributed by atoms with Crippen molar-refractivity contribution in [1.82, 2.24) is 9.97 Å². The fourth-order valence-corrected chi connectivity index (χ4v) is 3.98. The summed E-state index contributed by atoms with van der Waals surface area (Å²) in [6.45, 7) is 3.29. The van der Waals surface area contributed by atoms with Crippen molar-refractivity contribution in [3.8, 4) is 0 Å². The normalized spacial score (nSPS) is 21.6. The van der Waals surface area contributed by atoms with Gasteiger partial charge in [0.15, 0.2) is 0 Å². The van der Waals surface area contributed by atoms with E-state index in [1.165, 1.54) is 0 Å². The van der Waals surface area contributed by atoms with E-state index in [0.717, 1.165) is 34.0 Å². The molecule has 4 rings (SSSR count). The summed E-state index contributed by atoms with van der Waals surface area (Å²) in [6, 6.07) is 11.9. The summed E-state index contributed by atoms with van der Waals surface area (Å²) in [5.41, 5.74) is 1.16. The minimum absolute atomic E-state index is 0.570. The van der Waals surface area contributed by atoms with E-state index >= 15 is 0 Å². The summed E-state index contributed by atoms with van der Waals surface area (Å²) >= 11 is 1.66. The summed E-state index contributed by atoms with van der Waals surface area (Å²) in [5, 5.41) is 13.0. The van der Waals surface area contributed by atoms with Crippen molar-refractivity contribution in [3.63, 3.8) is 0 Å². The highest BCUT2D eigenvalue weighted by molar-refractivity contribution is 7.17. The molecule has 5 heteroatoms. The highest BCUT2D eigenvalue weighted by atomic mass is 32.1. The first kappa shape index (κ1) is 13.7. The molecule has 1 saturated heterocycles. The monoisotopic (exact) mass is 311 g/mol. The Morgan fingerprint density at radius 1 is 1.18 bits per heavy atom. The third-order valence-corrected chi connectivity index (χ3v) is 5.16. The Bertz CT molecular complexity index is 817. The SMILES string of the molecule is Cc1nc(N2CC[C@@](O)(c3ccccc3)C2)c2sccc2n1. The van der Waals surface area contributed by atoms with Gasteiger partial charge in [-0.25, -0.2) is 9.97 Å². The van der Waals surface area contributed by atoms with Gasteiger partial charge >= 0.3 is 0 Å². The van der Waals surface area contributed by atoms with Gasteiger partial charge in [-0.3, -0.25) is 0 Å². The Labute approximate surface area is 133 Å². The van der Waals surface area contributed by atoms with Crippen molar-refractivity contribution in [2.45, 2.75) is 18.9 Å². The zero-order chi connectivity index (χ0) is 15.2. The van der Waals surface area contributed by atoms with Gasteiger partial charge < -0.3 is 10.0 Å². The number of nitrogens with zero attached hydrogens (tertiary/aromatic N) is 3. The van der Waals surface area contributed by atoms with Gasteiger partial charge in [0, 0.05) is 6.54 Å². The maximum absolute atomic E-state index is 11.0. The van der Waals surface area contributed by atoms with Crippen molar-refractivity contribution in [2.24, 2.45) is 0 Å². The number of aliphatic hydroxyl groups is 1. The Kier molecular flexibility index (Phi) is 3.13. The topological polar surface area (TPSA) is 49.2 Å². The lowest BCUT2D eigenvalue weighted by Gasteiger charge is -2.24. The molecule has 0 aliphatic carbocycles. The molecule has 3 aromatic rings. The molecule has 1 atom stereocenters. The van der Waals surface area contributed by atoms with Gasteiger partial charge in [0.25, 0.3) is 0 Å². The van der Waals surface area contributed by atoms with Crippen molar-refractivity contribution >= 4 is 27.4 Å². The lowest BCUT2D eigenvalue weighted by atomic mass is 9.93. The fraction of sp³-hybridized carbons (Fsp3) is 0.294. The van der Waals surface area contributed by atoms with Crippen molar-refractivity contribution in [2.75, 3.05) is 18.0 Å². The molecule has 0 amide bonds. The molecule has 1 N–H and O–H groups in total. The lowest BCUT2D eigenvalue weighted by molar-refractivity contribution is 0.0606. The molecule has 0 radical (unpaired) electrons. The van der Waals surface area contributed by atoms with Crippen LogP contribution in [-0.4, -0.2) is 28.2 Å². The zero-order valence-electron chi connectivity index (χ0n) is 12.4. The molecule has 1 aliphatic heterocycles. The summed E-state index contributed by atoms with van der Waals surface area (Å²) in [6.07, 6.45) is 0.715. The number of hydrogen-bond donors (Lipinski definition) is 1. The molecule has 112 valence electrons. The molecule has 2 aromatic heterocycles. The summed E-state index contributed by atoms with van der Waals surface area (Å²) < 4.78 is 1.10. The molecule has 1 fully saturated rings. The molecule has 0 bridgehead atoms. The standard InChI is InChI=1S/C17H17N3OS/c1-12-18-14-7-10-22-15(14)16(19-12)20-9-8-17(21,11-20)13-5-3-2-4-6-13/h2-7,10,21H,8-9,11H2,1H3/t17-/m0/s1. The Hall–Kier alpha value is -1.98. The van der Waals surface area contributed by atoms with Crippen molar-refractivity contribution in [1.29, 1.82) is 0 Å². The van der Waals surface area contributed by atoms with E-state index < -0.39 is 5.60 Å². The number of aromatic nitrogens is 2. The molecular weight excluding hydrogens is 294 g/mol. The van der Waals surface area contributed by atoms with Gasteiger partial charge in [-0.15, -0.1) is 11.3 Å². The van der Waals surface area contributed by atoms with Crippen LogP contribution in [0.5, 0.6) is 0 Å². The van der Waals surface area contributed by atoms with Crippen LogP contribution in [0.2, 0.25) is 0 Å². The highest BCUT2D eigenvalue weighted by Gasteiger charge is 2.38. The van der Waals surface area contributed by atoms with Crippen LogP contribution < -0.4 is 4.90 Å². The average Bonchev–Trinajstić information content (AvgIpc) is 3.15. The highest BCUT2D eigenvalue weighted by Crippen LogP contribution is 2.37. The van der Waals surface area contributed by atoms with Crippen LogP contribution in [0.15, 0.2) is 41.8 Å². The predicted molar refractivity (Wildman–Crippen MR) is 89.3 cm³/mol. The third-order valence-electron chi connectivity index (χ3n) is 4.26. The first-order valence-electron chi connectivity index (χ1n) is 7.40. The van der Waals surface area contributed by atoms with Crippen LogP contribution in [-0.2, 0) is 5.60 Å². The average molecular weight is 311 g/mol. The Balaban J connectivity index is 1.72.